The highest BCUT2D eigenvalue weighted by Crippen LogP contribution is 2.13. The lowest BCUT2D eigenvalue weighted by atomic mass is 10.1. The number of carbonyl (C=O) groups is 1. The van der Waals surface area contributed by atoms with Gasteiger partial charge in [-0.15, -0.1) is 0 Å². The second-order valence-corrected chi connectivity index (χ2v) is 6.02. The van der Waals surface area contributed by atoms with Crippen LogP contribution in [-0.2, 0) is 0 Å². The summed E-state index contributed by atoms with van der Waals surface area (Å²) in [6, 6.07) is 2.85. The average molecular weight is 293 g/mol. The standard InChI is InChI=1S/C15H23N3O3/c1-10(2)8-18(9-12-4-3-5-16-12)15(21)11-6-13(19)17-14(20)7-11/h6-7,10,12,16H,3-5,8-9H2,1-2H3,(H2,17,19,20). The first-order valence-corrected chi connectivity index (χ1v) is 7.41. The molecule has 6 nitrogen and oxygen atoms in total. The van der Waals surface area contributed by atoms with E-state index in [2.05, 4.69) is 24.1 Å². The minimum Gasteiger partial charge on any atom is -0.494 e. The summed E-state index contributed by atoms with van der Waals surface area (Å²) in [6.07, 6.45) is 2.18. The second kappa shape index (κ2) is 6.76. The van der Waals surface area contributed by atoms with Gasteiger partial charge in [-0.2, -0.15) is 0 Å². The Hall–Kier alpha value is -1.82. The third-order valence-electron chi connectivity index (χ3n) is 3.55. The zero-order valence-corrected chi connectivity index (χ0v) is 12.6. The summed E-state index contributed by atoms with van der Waals surface area (Å²) in [5.74, 6) is -0.154. The fourth-order valence-corrected chi connectivity index (χ4v) is 2.69. The molecule has 0 aliphatic carbocycles. The summed E-state index contributed by atoms with van der Waals surface area (Å²) in [5, 5.41) is 12.8. The van der Waals surface area contributed by atoms with Crippen LogP contribution in [0.3, 0.4) is 0 Å². The number of nitrogens with one attached hydrogen (secondary N) is 2. The number of hydrogen-bond acceptors (Lipinski definition) is 4. The Kier molecular flexibility index (Phi) is 5.01. The van der Waals surface area contributed by atoms with E-state index >= 15 is 0 Å². The third kappa shape index (κ3) is 4.32. The summed E-state index contributed by atoms with van der Waals surface area (Å²) < 4.78 is 0. The smallest absolute Gasteiger partial charge is 0.254 e. The first-order valence-electron chi connectivity index (χ1n) is 7.41. The van der Waals surface area contributed by atoms with E-state index in [-0.39, 0.29) is 17.4 Å². The van der Waals surface area contributed by atoms with Crippen molar-refractivity contribution in [3.63, 3.8) is 0 Å². The van der Waals surface area contributed by atoms with Crippen LogP contribution in [0.25, 0.3) is 0 Å². The molecule has 21 heavy (non-hydrogen) atoms. The minimum atomic E-state index is -0.471. The van der Waals surface area contributed by atoms with Gasteiger partial charge in [0.05, 0.1) is 5.56 Å². The number of aromatic amines is 1. The van der Waals surface area contributed by atoms with Crippen molar-refractivity contribution in [1.82, 2.24) is 15.2 Å². The molecule has 1 fully saturated rings. The largest absolute Gasteiger partial charge is 0.494 e. The van der Waals surface area contributed by atoms with Gasteiger partial charge in [-0.1, -0.05) is 13.8 Å². The monoisotopic (exact) mass is 293 g/mol. The number of aromatic hydroxyl groups is 1. The molecular weight excluding hydrogens is 270 g/mol. The Morgan fingerprint density at radius 1 is 1.48 bits per heavy atom. The van der Waals surface area contributed by atoms with Gasteiger partial charge in [0, 0.05) is 31.3 Å². The number of H-pyrrole nitrogens is 1. The summed E-state index contributed by atoms with van der Waals surface area (Å²) in [4.78, 5) is 28.0. The van der Waals surface area contributed by atoms with E-state index in [0.717, 1.165) is 19.4 Å². The quantitative estimate of drug-likeness (QED) is 0.754. The molecule has 1 unspecified atom stereocenters. The minimum absolute atomic E-state index is 0.209. The first kappa shape index (κ1) is 15.6. The molecule has 2 rings (SSSR count). The lowest BCUT2D eigenvalue weighted by Gasteiger charge is -2.27. The topological polar surface area (TPSA) is 85.4 Å². The molecule has 0 aromatic carbocycles. The van der Waals surface area contributed by atoms with Crippen molar-refractivity contribution in [3.05, 3.63) is 28.0 Å². The molecule has 1 aromatic rings. The Balaban J connectivity index is 2.17. The zero-order chi connectivity index (χ0) is 15.4. The lowest BCUT2D eigenvalue weighted by molar-refractivity contribution is 0.0720. The van der Waals surface area contributed by atoms with Crippen LogP contribution in [-0.4, -0.2) is 46.6 Å². The normalized spacial score (nSPS) is 18.1. The molecule has 1 atom stereocenters. The van der Waals surface area contributed by atoms with E-state index in [4.69, 9.17) is 0 Å². The van der Waals surface area contributed by atoms with Crippen molar-refractivity contribution in [1.29, 1.82) is 0 Å². The molecule has 1 saturated heterocycles. The van der Waals surface area contributed by atoms with Gasteiger partial charge in [0.1, 0.15) is 0 Å². The maximum Gasteiger partial charge on any atom is 0.254 e. The Morgan fingerprint density at radius 3 is 2.81 bits per heavy atom. The van der Waals surface area contributed by atoms with Crippen LogP contribution >= 0.6 is 0 Å². The van der Waals surface area contributed by atoms with Crippen LogP contribution in [0.5, 0.6) is 5.88 Å². The Morgan fingerprint density at radius 2 is 2.24 bits per heavy atom. The molecule has 6 heteroatoms. The van der Waals surface area contributed by atoms with E-state index in [1.165, 1.54) is 12.1 Å². The molecule has 116 valence electrons. The molecule has 1 aromatic heterocycles. The van der Waals surface area contributed by atoms with Crippen LogP contribution in [0.15, 0.2) is 16.9 Å². The number of pyridine rings is 1. The van der Waals surface area contributed by atoms with Crippen LogP contribution in [0, 0.1) is 5.92 Å². The summed E-state index contributed by atoms with van der Waals surface area (Å²) in [6.45, 7) is 6.35. The van der Waals surface area contributed by atoms with Crippen LogP contribution in [0.4, 0.5) is 0 Å². The van der Waals surface area contributed by atoms with Crippen LogP contribution in [0.2, 0.25) is 0 Å². The molecule has 0 radical (unpaired) electrons. The number of carbonyl (C=O) groups excluding carboxylic acids is 1. The van der Waals surface area contributed by atoms with Gasteiger partial charge in [0.25, 0.3) is 11.5 Å². The first-order chi connectivity index (χ1) is 9.95. The predicted octanol–water partition coefficient (Wildman–Crippen LogP) is 0.931. The van der Waals surface area contributed by atoms with E-state index in [1.54, 1.807) is 4.90 Å². The lowest BCUT2D eigenvalue weighted by Crippen LogP contribution is -2.43. The highest BCUT2D eigenvalue weighted by Gasteiger charge is 2.23. The molecule has 1 aliphatic heterocycles. The molecule has 0 bridgehead atoms. The van der Waals surface area contributed by atoms with Crippen molar-refractivity contribution in [3.8, 4) is 5.88 Å². The molecule has 3 N–H and O–H groups in total. The maximum atomic E-state index is 12.6. The van der Waals surface area contributed by atoms with Gasteiger partial charge < -0.3 is 15.3 Å². The number of hydrogen-bond donors (Lipinski definition) is 3. The molecule has 0 spiro atoms. The molecule has 1 amide bonds. The number of rotatable bonds is 5. The Labute approximate surface area is 124 Å². The van der Waals surface area contributed by atoms with Crippen molar-refractivity contribution in [2.24, 2.45) is 5.92 Å². The van der Waals surface area contributed by atoms with E-state index in [0.29, 0.717) is 25.0 Å². The predicted molar refractivity (Wildman–Crippen MR) is 80.5 cm³/mol. The Bertz CT molecular complexity index is 547. The zero-order valence-electron chi connectivity index (χ0n) is 12.6. The third-order valence-corrected chi connectivity index (χ3v) is 3.55. The van der Waals surface area contributed by atoms with Gasteiger partial charge in [-0.05, 0) is 25.3 Å². The number of amides is 1. The summed E-state index contributed by atoms with van der Waals surface area (Å²) in [5.41, 5.74) is -0.239. The van der Waals surface area contributed by atoms with Gasteiger partial charge in [-0.3, -0.25) is 14.6 Å². The second-order valence-electron chi connectivity index (χ2n) is 6.02. The molecule has 0 saturated carbocycles. The fraction of sp³-hybridized carbons (Fsp3) is 0.600. The SMILES string of the molecule is CC(C)CN(CC1CCCN1)C(=O)c1cc(O)[nH]c(=O)c1. The van der Waals surface area contributed by atoms with Gasteiger partial charge in [0.2, 0.25) is 0 Å². The fourth-order valence-electron chi connectivity index (χ4n) is 2.69. The summed E-state index contributed by atoms with van der Waals surface area (Å²) >= 11 is 0. The van der Waals surface area contributed by atoms with E-state index < -0.39 is 5.56 Å². The number of aromatic nitrogens is 1. The van der Waals surface area contributed by atoms with Gasteiger partial charge >= 0.3 is 0 Å². The van der Waals surface area contributed by atoms with Gasteiger partial charge in [0.15, 0.2) is 5.88 Å². The van der Waals surface area contributed by atoms with Crippen molar-refractivity contribution in [2.75, 3.05) is 19.6 Å². The number of nitrogens with zero attached hydrogens (tertiary/aromatic N) is 1. The van der Waals surface area contributed by atoms with E-state index in [9.17, 15) is 14.7 Å². The van der Waals surface area contributed by atoms with E-state index in [1.807, 2.05) is 0 Å². The van der Waals surface area contributed by atoms with Crippen LogP contribution in [0.1, 0.15) is 37.0 Å². The van der Waals surface area contributed by atoms with Gasteiger partial charge in [-0.25, -0.2) is 0 Å². The molecule has 2 heterocycles. The average Bonchev–Trinajstić information content (AvgIpc) is 2.88. The molecular formula is C15H23N3O3. The maximum absolute atomic E-state index is 12.6. The van der Waals surface area contributed by atoms with Crippen LogP contribution < -0.4 is 10.9 Å². The molecule has 1 aliphatic rings. The van der Waals surface area contributed by atoms with Crippen molar-refractivity contribution in [2.45, 2.75) is 32.7 Å². The van der Waals surface area contributed by atoms with Crippen molar-refractivity contribution < 1.29 is 9.90 Å². The van der Waals surface area contributed by atoms with Crippen molar-refractivity contribution >= 4 is 5.91 Å². The highest BCUT2D eigenvalue weighted by molar-refractivity contribution is 5.94. The summed E-state index contributed by atoms with van der Waals surface area (Å²) in [7, 11) is 0. The highest BCUT2D eigenvalue weighted by atomic mass is 16.3.